The van der Waals surface area contributed by atoms with Gasteiger partial charge in [-0.05, 0) is 63.4 Å². The number of aromatic nitrogens is 2. The number of nitrogens with zero attached hydrogens (tertiary/aromatic N) is 4. The first-order valence-corrected chi connectivity index (χ1v) is 11.1. The zero-order valence-electron chi connectivity index (χ0n) is 17.3. The second-order valence-corrected chi connectivity index (χ2v) is 9.43. The smallest absolute Gasteiger partial charge is 0.231 e. The summed E-state index contributed by atoms with van der Waals surface area (Å²) in [5.41, 5.74) is 2.73. The number of ether oxygens (including phenoxy) is 2. The second kappa shape index (κ2) is 6.74. The topological polar surface area (TPSA) is 42.8 Å². The Morgan fingerprint density at radius 3 is 2.72 bits per heavy atom. The molecule has 1 aromatic carbocycles. The molecule has 2 bridgehead atoms. The number of fused-ring (bicyclic) bond motifs is 3. The lowest BCUT2D eigenvalue weighted by Crippen LogP contribution is -2.59. The Kier molecular flexibility index (Phi) is 4.13. The number of hydrogen-bond donors (Lipinski definition) is 0. The third-order valence-electron chi connectivity index (χ3n) is 7.49. The maximum atomic E-state index is 5.68. The van der Waals surface area contributed by atoms with E-state index >= 15 is 0 Å². The van der Waals surface area contributed by atoms with Crippen LogP contribution in [0.5, 0.6) is 11.5 Å². The van der Waals surface area contributed by atoms with Gasteiger partial charge in [-0.15, -0.1) is 0 Å². The highest BCUT2D eigenvalue weighted by atomic mass is 16.7. The molecule has 154 valence electrons. The van der Waals surface area contributed by atoms with E-state index in [0.717, 1.165) is 30.5 Å². The van der Waals surface area contributed by atoms with Gasteiger partial charge in [-0.3, -0.25) is 14.5 Å². The molecule has 0 radical (unpaired) electrons. The molecule has 2 aromatic rings. The van der Waals surface area contributed by atoms with Crippen LogP contribution in [0.3, 0.4) is 0 Å². The highest BCUT2D eigenvalue weighted by Crippen LogP contribution is 2.48. The summed E-state index contributed by atoms with van der Waals surface area (Å²) in [6.07, 6.45) is 6.98. The normalized spacial score (nSPS) is 32.9. The minimum atomic E-state index is 0.343. The molecule has 0 amide bonds. The molecule has 6 heterocycles. The summed E-state index contributed by atoms with van der Waals surface area (Å²) in [7, 11) is 0. The molecule has 6 heteroatoms. The first kappa shape index (κ1) is 17.8. The van der Waals surface area contributed by atoms with E-state index in [1.165, 1.54) is 37.1 Å². The van der Waals surface area contributed by atoms with Crippen molar-refractivity contribution >= 4 is 0 Å². The molecule has 0 saturated carbocycles. The summed E-state index contributed by atoms with van der Waals surface area (Å²) in [4.78, 5) is 5.51. The van der Waals surface area contributed by atoms with Gasteiger partial charge in [-0.1, -0.05) is 6.07 Å². The summed E-state index contributed by atoms with van der Waals surface area (Å²) in [5, 5.41) is 4.58. The molecule has 4 fully saturated rings. The minimum Gasteiger partial charge on any atom is -0.454 e. The summed E-state index contributed by atoms with van der Waals surface area (Å²) in [6, 6.07) is 8.26. The SMILES string of the molecule is CC(C)n1cc(CN2C[C@H](c3ccc4c(c3)OCO4)[C@H]3[C@@H]2C2CCN3CC2)cn1. The van der Waals surface area contributed by atoms with Crippen molar-refractivity contribution in [3.8, 4) is 11.5 Å². The van der Waals surface area contributed by atoms with Crippen molar-refractivity contribution < 1.29 is 9.47 Å². The van der Waals surface area contributed by atoms with Crippen LogP contribution in [0.4, 0.5) is 0 Å². The standard InChI is InChI=1S/C23H30N4O2/c1-15(2)27-12-16(10-24-27)11-26-13-19(18-3-4-20-21(9-18)29-14-28-20)23-22(26)17-5-7-25(23)8-6-17/h3-4,9-10,12,15,17,19,22-23H,5-8,11,13-14H2,1-2H3/t19-,22+,23+/m1/s1. The Bertz CT molecular complexity index is 902. The summed E-state index contributed by atoms with van der Waals surface area (Å²) < 4.78 is 13.3. The zero-order valence-corrected chi connectivity index (χ0v) is 17.3. The van der Waals surface area contributed by atoms with E-state index in [1.807, 2.05) is 0 Å². The fraction of sp³-hybridized carbons (Fsp3) is 0.609. The third-order valence-corrected chi connectivity index (χ3v) is 7.49. The Hall–Kier alpha value is -2.05. The van der Waals surface area contributed by atoms with Crippen molar-refractivity contribution in [3.63, 3.8) is 0 Å². The monoisotopic (exact) mass is 394 g/mol. The number of likely N-dealkylation sites (tertiary alicyclic amines) is 1. The lowest BCUT2D eigenvalue weighted by Gasteiger charge is -2.51. The Balaban J connectivity index is 1.31. The van der Waals surface area contributed by atoms with E-state index in [-0.39, 0.29) is 0 Å². The van der Waals surface area contributed by atoms with Gasteiger partial charge >= 0.3 is 0 Å². The predicted molar refractivity (Wildman–Crippen MR) is 110 cm³/mol. The lowest BCUT2D eigenvalue weighted by molar-refractivity contribution is -0.00870. The van der Waals surface area contributed by atoms with Crippen LogP contribution in [0.1, 0.15) is 49.8 Å². The molecule has 0 N–H and O–H groups in total. The molecule has 6 nitrogen and oxygen atoms in total. The molecule has 0 spiro atoms. The van der Waals surface area contributed by atoms with Crippen molar-refractivity contribution in [1.82, 2.24) is 19.6 Å². The van der Waals surface area contributed by atoms with Gasteiger partial charge in [0.05, 0.1) is 6.20 Å². The van der Waals surface area contributed by atoms with Crippen LogP contribution in [0.25, 0.3) is 0 Å². The van der Waals surface area contributed by atoms with Crippen molar-refractivity contribution in [1.29, 1.82) is 0 Å². The van der Waals surface area contributed by atoms with Crippen molar-refractivity contribution in [3.05, 3.63) is 41.7 Å². The van der Waals surface area contributed by atoms with E-state index in [9.17, 15) is 0 Å². The maximum Gasteiger partial charge on any atom is 0.231 e. The largest absolute Gasteiger partial charge is 0.454 e. The van der Waals surface area contributed by atoms with Crippen LogP contribution >= 0.6 is 0 Å². The van der Waals surface area contributed by atoms with Crippen LogP contribution < -0.4 is 9.47 Å². The number of rotatable bonds is 4. The number of piperidine rings is 3. The average Bonchev–Trinajstić information content (AvgIpc) is 3.47. The van der Waals surface area contributed by atoms with Gasteiger partial charge < -0.3 is 9.47 Å². The Labute approximate surface area is 172 Å². The number of benzene rings is 1. The highest BCUT2D eigenvalue weighted by Gasteiger charge is 2.53. The van der Waals surface area contributed by atoms with Gasteiger partial charge in [0.25, 0.3) is 0 Å². The van der Waals surface area contributed by atoms with Crippen LogP contribution in [0.15, 0.2) is 30.6 Å². The van der Waals surface area contributed by atoms with Gasteiger partial charge in [0.2, 0.25) is 6.79 Å². The third kappa shape index (κ3) is 2.88. The maximum absolute atomic E-state index is 5.68. The van der Waals surface area contributed by atoms with Gasteiger partial charge in [0.15, 0.2) is 11.5 Å². The molecule has 5 aliphatic heterocycles. The molecule has 0 unspecified atom stereocenters. The van der Waals surface area contributed by atoms with Crippen LogP contribution in [-0.4, -0.2) is 58.1 Å². The molecule has 29 heavy (non-hydrogen) atoms. The van der Waals surface area contributed by atoms with Crippen LogP contribution in [0.2, 0.25) is 0 Å². The summed E-state index contributed by atoms with van der Waals surface area (Å²) in [6.45, 7) is 9.33. The summed E-state index contributed by atoms with van der Waals surface area (Å²) in [5.74, 6) is 3.14. The Morgan fingerprint density at radius 1 is 1.10 bits per heavy atom. The molecular weight excluding hydrogens is 364 g/mol. The first-order chi connectivity index (χ1) is 14.2. The molecule has 3 atom stereocenters. The molecular formula is C23H30N4O2. The molecule has 7 rings (SSSR count). The van der Waals surface area contributed by atoms with E-state index in [2.05, 4.69) is 64.0 Å². The predicted octanol–water partition coefficient (Wildman–Crippen LogP) is 3.25. The second-order valence-electron chi connectivity index (χ2n) is 9.43. The molecule has 1 aromatic heterocycles. The zero-order chi connectivity index (χ0) is 19.5. The Morgan fingerprint density at radius 2 is 1.93 bits per heavy atom. The van der Waals surface area contributed by atoms with Crippen molar-refractivity contribution in [2.45, 2.75) is 57.3 Å². The van der Waals surface area contributed by atoms with Gasteiger partial charge in [-0.25, -0.2) is 0 Å². The summed E-state index contributed by atoms with van der Waals surface area (Å²) >= 11 is 0. The fourth-order valence-electron chi connectivity index (χ4n) is 6.14. The van der Waals surface area contributed by atoms with Gasteiger partial charge in [-0.2, -0.15) is 5.10 Å². The lowest BCUT2D eigenvalue weighted by atomic mass is 9.75. The molecule has 5 aliphatic rings. The highest BCUT2D eigenvalue weighted by molar-refractivity contribution is 5.46. The van der Waals surface area contributed by atoms with E-state index in [1.54, 1.807) is 0 Å². The average molecular weight is 395 g/mol. The van der Waals surface area contributed by atoms with Crippen LogP contribution in [0, 0.1) is 5.92 Å². The minimum absolute atomic E-state index is 0.343. The van der Waals surface area contributed by atoms with Crippen LogP contribution in [-0.2, 0) is 6.54 Å². The van der Waals surface area contributed by atoms with Crippen molar-refractivity contribution in [2.75, 3.05) is 26.4 Å². The number of hydrogen-bond acceptors (Lipinski definition) is 5. The van der Waals surface area contributed by atoms with E-state index < -0.39 is 0 Å². The van der Waals surface area contributed by atoms with E-state index in [0.29, 0.717) is 30.8 Å². The molecule has 4 saturated heterocycles. The quantitative estimate of drug-likeness (QED) is 0.796. The van der Waals surface area contributed by atoms with Crippen molar-refractivity contribution in [2.24, 2.45) is 5.92 Å². The van der Waals surface area contributed by atoms with Gasteiger partial charge in [0.1, 0.15) is 0 Å². The van der Waals surface area contributed by atoms with E-state index in [4.69, 9.17) is 9.47 Å². The first-order valence-electron chi connectivity index (χ1n) is 11.1. The van der Waals surface area contributed by atoms with Gasteiger partial charge in [0, 0.05) is 48.9 Å². The molecule has 0 aliphatic carbocycles. The fourth-order valence-corrected chi connectivity index (χ4v) is 6.14.